The van der Waals surface area contributed by atoms with Crippen molar-refractivity contribution in [2.75, 3.05) is 0 Å². The van der Waals surface area contributed by atoms with Crippen molar-refractivity contribution in [1.29, 1.82) is 0 Å². The molecule has 0 atom stereocenters. The van der Waals surface area contributed by atoms with Gasteiger partial charge in [-0.1, -0.05) is 113 Å². The van der Waals surface area contributed by atoms with E-state index < -0.39 is 0 Å². The van der Waals surface area contributed by atoms with Crippen LogP contribution >= 0.6 is 43.5 Å². The third-order valence-corrected chi connectivity index (χ3v) is 7.13. The molecule has 0 spiro atoms. The molecular formula is C28H23Br2Cl. The van der Waals surface area contributed by atoms with Gasteiger partial charge in [0.1, 0.15) is 0 Å². The van der Waals surface area contributed by atoms with Gasteiger partial charge in [-0.2, -0.15) is 0 Å². The molecule has 0 nitrogen and oxygen atoms in total. The molecule has 0 amide bonds. The molecule has 0 saturated heterocycles. The molecule has 0 unspecified atom stereocenters. The second kappa shape index (κ2) is 8.94. The Hall–Kier alpha value is -1.87. The van der Waals surface area contributed by atoms with Crippen LogP contribution in [0.25, 0.3) is 33.4 Å². The number of hydrogen-bond donors (Lipinski definition) is 0. The van der Waals surface area contributed by atoms with Crippen LogP contribution in [-0.4, -0.2) is 0 Å². The van der Waals surface area contributed by atoms with Gasteiger partial charge in [0.15, 0.2) is 0 Å². The van der Waals surface area contributed by atoms with Crippen molar-refractivity contribution in [3.8, 4) is 33.4 Å². The Morgan fingerprint density at radius 2 is 1.10 bits per heavy atom. The Morgan fingerprint density at radius 3 is 1.65 bits per heavy atom. The minimum Gasteiger partial charge on any atom is -0.0837 e. The highest BCUT2D eigenvalue weighted by atomic mass is 79.9. The maximum absolute atomic E-state index is 6.57. The van der Waals surface area contributed by atoms with Crippen LogP contribution in [0.1, 0.15) is 26.3 Å². The van der Waals surface area contributed by atoms with Crippen LogP contribution in [0.15, 0.2) is 93.9 Å². The molecule has 0 aliphatic heterocycles. The highest BCUT2D eigenvalue weighted by molar-refractivity contribution is 9.11. The maximum Gasteiger partial charge on any atom is 0.0484 e. The van der Waals surface area contributed by atoms with E-state index in [1.165, 1.54) is 5.56 Å². The molecule has 31 heavy (non-hydrogen) atoms. The molecule has 0 saturated carbocycles. The van der Waals surface area contributed by atoms with Gasteiger partial charge in [-0.05, 0) is 75.2 Å². The normalized spacial score (nSPS) is 11.5. The Morgan fingerprint density at radius 1 is 0.581 bits per heavy atom. The number of rotatable bonds is 3. The maximum atomic E-state index is 6.57. The highest BCUT2D eigenvalue weighted by Gasteiger charge is 2.17. The monoisotopic (exact) mass is 552 g/mol. The van der Waals surface area contributed by atoms with Crippen molar-refractivity contribution < 1.29 is 0 Å². The van der Waals surface area contributed by atoms with Gasteiger partial charge in [0.05, 0.1) is 0 Å². The minimum atomic E-state index is 0.0977. The van der Waals surface area contributed by atoms with Gasteiger partial charge in [-0.15, -0.1) is 0 Å². The second-order valence-corrected chi connectivity index (χ2v) is 10.8. The largest absolute Gasteiger partial charge is 0.0837 e. The standard InChI is InChI=1S/C28H23Br2Cl/c1-28(2,3)21-12-13-23(26(30)17-21)19-14-18(22-8-4-6-10-25(22)29)15-20(16-19)24-9-5-7-11-27(24)31/h4-17H,1-3H3. The summed E-state index contributed by atoms with van der Waals surface area (Å²) >= 11 is 14.1. The van der Waals surface area contributed by atoms with E-state index in [4.69, 9.17) is 11.6 Å². The van der Waals surface area contributed by atoms with Crippen LogP contribution in [0.2, 0.25) is 5.02 Å². The molecule has 4 rings (SSSR count). The summed E-state index contributed by atoms with van der Waals surface area (Å²) in [5.74, 6) is 0. The summed E-state index contributed by atoms with van der Waals surface area (Å²) in [6, 6.07) is 29.7. The zero-order valence-corrected chi connectivity index (χ0v) is 21.6. The predicted molar refractivity (Wildman–Crippen MR) is 142 cm³/mol. The molecule has 0 aliphatic rings. The highest BCUT2D eigenvalue weighted by Crippen LogP contribution is 2.40. The fourth-order valence-electron chi connectivity index (χ4n) is 3.70. The van der Waals surface area contributed by atoms with Crippen LogP contribution in [0.4, 0.5) is 0 Å². The Balaban J connectivity index is 1.95. The van der Waals surface area contributed by atoms with Crippen molar-refractivity contribution in [2.45, 2.75) is 26.2 Å². The fraction of sp³-hybridized carbons (Fsp3) is 0.143. The van der Waals surface area contributed by atoms with Crippen molar-refractivity contribution in [2.24, 2.45) is 0 Å². The lowest BCUT2D eigenvalue weighted by Crippen LogP contribution is -2.10. The molecule has 3 heteroatoms. The molecule has 4 aromatic carbocycles. The van der Waals surface area contributed by atoms with Crippen molar-refractivity contribution in [3.63, 3.8) is 0 Å². The van der Waals surface area contributed by atoms with Gasteiger partial charge in [-0.3, -0.25) is 0 Å². The van der Waals surface area contributed by atoms with Gasteiger partial charge >= 0.3 is 0 Å². The van der Waals surface area contributed by atoms with Crippen LogP contribution in [0.3, 0.4) is 0 Å². The number of benzene rings is 4. The van der Waals surface area contributed by atoms with E-state index >= 15 is 0 Å². The first kappa shape index (κ1) is 22.3. The summed E-state index contributed by atoms with van der Waals surface area (Å²) in [6.45, 7) is 6.70. The van der Waals surface area contributed by atoms with Gasteiger partial charge < -0.3 is 0 Å². The van der Waals surface area contributed by atoms with Gasteiger partial charge in [0.2, 0.25) is 0 Å². The fourth-order valence-corrected chi connectivity index (χ4v) is 5.07. The lowest BCUT2D eigenvalue weighted by atomic mass is 9.86. The molecule has 0 heterocycles. The van der Waals surface area contributed by atoms with Crippen molar-refractivity contribution in [1.82, 2.24) is 0 Å². The molecular weight excluding hydrogens is 532 g/mol. The lowest BCUT2D eigenvalue weighted by Gasteiger charge is -2.20. The average Bonchev–Trinajstić information content (AvgIpc) is 2.73. The van der Waals surface area contributed by atoms with Crippen LogP contribution < -0.4 is 0 Å². The summed E-state index contributed by atoms with van der Waals surface area (Å²) in [6.07, 6.45) is 0. The third-order valence-electron chi connectivity index (χ3n) is 5.45. The summed E-state index contributed by atoms with van der Waals surface area (Å²) in [5.41, 5.74) is 8.14. The molecule has 0 fully saturated rings. The zero-order valence-electron chi connectivity index (χ0n) is 17.7. The predicted octanol–water partition coefficient (Wildman–Crippen LogP) is 10.2. The zero-order chi connectivity index (χ0) is 22.2. The van der Waals surface area contributed by atoms with Crippen molar-refractivity contribution >= 4 is 43.5 Å². The lowest BCUT2D eigenvalue weighted by molar-refractivity contribution is 0.590. The van der Waals surface area contributed by atoms with Gasteiger partial charge in [0, 0.05) is 19.5 Å². The van der Waals surface area contributed by atoms with E-state index in [9.17, 15) is 0 Å². The molecule has 4 aromatic rings. The number of halogens is 3. The molecule has 0 aliphatic carbocycles. The van der Waals surface area contributed by atoms with E-state index in [1.807, 2.05) is 24.3 Å². The molecule has 0 aromatic heterocycles. The summed E-state index contributed by atoms with van der Waals surface area (Å²) < 4.78 is 2.16. The van der Waals surface area contributed by atoms with Crippen LogP contribution in [-0.2, 0) is 5.41 Å². The Labute approximate surface area is 206 Å². The van der Waals surface area contributed by atoms with E-state index in [0.717, 1.165) is 47.3 Å². The summed E-state index contributed by atoms with van der Waals surface area (Å²) in [7, 11) is 0. The minimum absolute atomic E-state index is 0.0977. The second-order valence-electron chi connectivity index (χ2n) is 8.70. The smallest absolute Gasteiger partial charge is 0.0484 e. The van der Waals surface area contributed by atoms with Crippen LogP contribution in [0.5, 0.6) is 0 Å². The number of hydrogen-bond acceptors (Lipinski definition) is 0. The Bertz CT molecular complexity index is 1190. The summed E-state index contributed by atoms with van der Waals surface area (Å²) in [4.78, 5) is 0. The first-order valence-electron chi connectivity index (χ1n) is 10.2. The average molecular weight is 555 g/mol. The van der Waals surface area contributed by atoms with E-state index in [2.05, 4.69) is 113 Å². The van der Waals surface area contributed by atoms with E-state index in [-0.39, 0.29) is 5.41 Å². The van der Waals surface area contributed by atoms with Crippen molar-refractivity contribution in [3.05, 3.63) is 104 Å². The third kappa shape index (κ3) is 4.82. The first-order chi connectivity index (χ1) is 14.7. The molecule has 0 N–H and O–H groups in total. The SMILES string of the molecule is CC(C)(C)c1ccc(-c2cc(-c3ccccc3Cl)cc(-c3ccccc3Br)c2)c(Br)c1. The Kier molecular flexibility index (Phi) is 6.44. The molecule has 0 bridgehead atoms. The quantitative estimate of drug-likeness (QED) is 0.236. The molecule has 0 radical (unpaired) electrons. The van der Waals surface area contributed by atoms with E-state index in [0.29, 0.717) is 0 Å². The van der Waals surface area contributed by atoms with E-state index in [1.54, 1.807) is 0 Å². The molecule has 156 valence electrons. The van der Waals surface area contributed by atoms with Crippen LogP contribution in [0, 0.1) is 0 Å². The van der Waals surface area contributed by atoms with Gasteiger partial charge in [0.25, 0.3) is 0 Å². The topological polar surface area (TPSA) is 0 Å². The summed E-state index contributed by atoms with van der Waals surface area (Å²) in [5, 5.41) is 0.750. The van der Waals surface area contributed by atoms with Gasteiger partial charge in [-0.25, -0.2) is 0 Å². The first-order valence-corrected chi connectivity index (χ1v) is 12.2.